The molecule has 1 aliphatic rings. The molecule has 1 heterocycles. The van der Waals surface area contributed by atoms with Crippen LogP contribution in [0.3, 0.4) is 0 Å². The molecule has 1 aromatic rings. The Bertz CT molecular complexity index is 642. The van der Waals surface area contributed by atoms with Gasteiger partial charge in [0.15, 0.2) is 0 Å². The smallest absolute Gasteiger partial charge is 0.235 e. The van der Waals surface area contributed by atoms with Crippen molar-refractivity contribution in [3.8, 4) is 0 Å². The molecule has 154 valence electrons. The van der Waals surface area contributed by atoms with Crippen molar-refractivity contribution in [3.63, 3.8) is 0 Å². The predicted octanol–water partition coefficient (Wildman–Crippen LogP) is 5.57. The van der Waals surface area contributed by atoms with Crippen LogP contribution in [0.5, 0.6) is 0 Å². The highest BCUT2D eigenvalue weighted by molar-refractivity contribution is 7.93. The number of hydrogen-bond donors (Lipinski definition) is 1. The molecule has 2 atom stereocenters. The van der Waals surface area contributed by atoms with Gasteiger partial charge in [0, 0.05) is 6.04 Å². The number of hydrogen-bond acceptors (Lipinski definition) is 3. The lowest BCUT2D eigenvalue weighted by molar-refractivity contribution is 0.163. The fraction of sp³-hybridized carbons (Fsp3) is 0.727. The summed E-state index contributed by atoms with van der Waals surface area (Å²) in [4.78, 5) is 0. The molecular weight excluding hydrogens is 358 g/mol. The fourth-order valence-electron chi connectivity index (χ4n) is 3.94. The fourth-order valence-corrected chi connectivity index (χ4v) is 5.82. The third-order valence-electron chi connectivity index (χ3n) is 5.59. The Morgan fingerprint density at radius 1 is 1.00 bits per heavy atom. The van der Waals surface area contributed by atoms with E-state index in [4.69, 9.17) is 0 Å². The van der Waals surface area contributed by atoms with Crippen LogP contribution in [-0.2, 0) is 10.0 Å². The van der Waals surface area contributed by atoms with Gasteiger partial charge in [-0.3, -0.25) is 4.31 Å². The minimum Gasteiger partial charge on any atom is -0.388 e. The highest BCUT2D eigenvalue weighted by Gasteiger charge is 2.36. The molecule has 1 N–H and O–H groups in total. The largest absolute Gasteiger partial charge is 0.388 e. The lowest BCUT2D eigenvalue weighted by Crippen LogP contribution is -2.33. The number of benzene rings is 1. The van der Waals surface area contributed by atoms with Crippen molar-refractivity contribution in [1.82, 2.24) is 0 Å². The van der Waals surface area contributed by atoms with E-state index in [0.29, 0.717) is 0 Å². The Balaban J connectivity index is 1.99. The highest BCUT2D eigenvalue weighted by Crippen LogP contribution is 2.33. The zero-order valence-corrected chi connectivity index (χ0v) is 17.9. The van der Waals surface area contributed by atoms with Gasteiger partial charge < -0.3 is 5.11 Å². The molecule has 27 heavy (non-hydrogen) atoms. The van der Waals surface area contributed by atoms with Crippen molar-refractivity contribution >= 4 is 15.7 Å². The summed E-state index contributed by atoms with van der Waals surface area (Å²) in [5.74, 6) is 0.243. The lowest BCUT2D eigenvalue weighted by Gasteiger charge is -2.25. The summed E-state index contributed by atoms with van der Waals surface area (Å²) in [5.41, 5.74) is 1.63. The van der Waals surface area contributed by atoms with Gasteiger partial charge in [-0.15, -0.1) is 0 Å². The third-order valence-corrected chi connectivity index (χ3v) is 7.45. The van der Waals surface area contributed by atoms with Crippen LogP contribution in [-0.4, -0.2) is 25.3 Å². The Morgan fingerprint density at radius 2 is 1.63 bits per heavy atom. The third kappa shape index (κ3) is 6.49. The van der Waals surface area contributed by atoms with Crippen LogP contribution in [0.1, 0.15) is 96.1 Å². The summed E-state index contributed by atoms with van der Waals surface area (Å²) in [6, 6.07) is 7.60. The Hall–Kier alpha value is -1.07. The number of aliphatic hydroxyl groups excluding tert-OH is 1. The second-order valence-electron chi connectivity index (χ2n) is 7.86. The van der Waals surface area contributed by atoms with E-state index < -0.39 is 16.1 Å². The van der Waals surface area contributed by atoms with Crippen LogP contribution < -0.4 is 4.31 Å². The first-order valence-electron chi connectivity index (χ1n) is 10.8. The summed E-state index contributed by atoms with van der Waals surface area (Å²) in [6.45, 7) is 4.37. The van der Waals surface area contributed by atoms with Crippen molar-refractivity contribution in [2.45, 2.75) is 96.6 Å². The second kappa shape index (κ2) is 11.1. The quantitative estimate of drug-likeness (QED) is 0.471. The van der Waals surface area contributed by atoms with Gasteiger partial charge >= 0.3 is 0 Å². The highest BCUT2D eigenvalue weighted by atomic mass is 32.2. The number of unbranched alkanes of at least 4 members (excludes halogenated alkanes) is 6. The molecule has 5 heteroatoms. The van der Waals surface area contributed by atoms with Crippen molar-refractivity contribution in [3.05, 3.63) is 29.8 Å². The molecule has 1 aromatic carbocycles. The van der Waals surface area contributed by atoms with E-state index >= 15 is 0 Å². The van der Waals surface area contributed by atoms with Crippen molar-refractivity contribution in [2.75, 3.05) is 10.1 Å². The first kappa shape index (κ1) is 22.2. The van der Waals surface area contributed by atoms with Gasteiger partial charge in [0.25, 0.3) is 0 Å². The molecule has 0 saturated carbocycles. The summed E-state index contributed by atoms with van der Waals surface area (Å²) < 4.78 is 26.8. The molecular formula is C22H37NO3S. The topological polar surface area (TPSA) is 57.6 Å². The van der Waals surface area contributed by atoms with Crippen LogP contribution in [0.25, 0.3) is 0 Å². The molecule has 1 saturated heterocycles. The Labute approximate surface area is 166 Å². The van der Waals surface area contributed by atoms with Crippen LogP contribution in [0, 0.1) is 0 Å². The summed E-state index contributed by atoms with van der Waals surface area (Å²) >= 11 is 0. The molecule has 0 spiro atoms. The monoisotopic (exact) mass is 395 g/mol. The molecule has 2 unspecified atom stereocenters. The van der Waals surface area contributed by atoms with Gasteiger partial charge in [-0.25, -0.2) is 8.42 Å². The predicted molar refractivity (Wildman–Crippen MR) is 114 cm³/mol. The molecule has 1 aliphatic heterocycles. The number of nitrogens with zero attached hydrogens (tertiary/aromatic N) is 1. The number of rotatable bonds is 12. The molecule has 0 amide bonds. The summed E-state index contributed by atoms with van der Waals surface area (Å²) in [6.07, 6.45) is 11.2. The van der Waals surface area contributed by atoms with E-state index in [9.17, 15) is 13.5 Å². The first-order valence-corrected chi connectivity index (χ1v) is 12.4. The molecule has 0 aromatic heterocycles. The minimum atomic E-state index is -3.21. The van der Waals surface area contributed by atoms with Gasteiger partial charge in [0.1, 0.15) is 0 Å². The van der Waals surface area contributed by atoms with E-state index in [1.54, 1.807) is 4.31 Å². The average Bonchev–Trinajstić information content (AvgIpc) is 2.96. The summed E-state index contributed by atoms with van der Waals surface area (Å²) in [7, 11) is -3.21. The van der Waals surface area contributed by atoms with Gasteiger partial charge in [0.05, 0.1) is 17.5 Å². The maximum absolute atomic E-state index is 12.6. The van der Waals surface area contributed by atoms with Crippen LogP contribution in [0.2, 0.25) is 0 Å². The van der Waals surface area contributed by atoms with E-state index in [1.807, 2.05) is 24.3 Å². The van der Waals surface area contributed by atoms with E-state index in [2.05, 4.69) is 13.8 Å². The van der Waals surface area contributed by atoms with Crippen molar-refractivity contribution in [2.24, 2.45) is 0 Å². The second-order valence-corrected chi connectivity index (χ2v) is 9.83. The van der Waals surface area contributed by atoms with Gasteiger partial charge in [-0.1, -0.05) is 77.3 Å². The number of sulfonamides is 1. The Kier molecular flexibility index (Phi) is 9.10. The van der Waals surface area contributed by atoms with Gasteiger partial charge in [0.2, 0.25) is 10.0 Å². The molecule has 0 bridgehead atoms. The van der Waals surface area contributed by atoms with Crippen molar-refractivity contribution in [1.29, 1.82) is 0 Å². The molecule has 0 radical (unpaired) electrons. The molecule has 2 rings (SSSR count). The standard InChI is InChI=1S/C22H37NO3S/c1-3-5-7-9-11-20-17-18-27(25,26)23(20)21-15-13-19(14-16-21)22(24)12-10-8-6-4-2/h13-16,20,22,24H,3-12,17-18H2,1-2H3. The Morgan fingerprint density at radius 3 is 2.26 bits per heavy atom. The molecule has 0 aliphatic carbocycles. The maximum Gasteiger partial charge on any atom is 0.235 e. The van der Waals surface area contributed by atoms with Gasteiger partial charge in [-0.05, 0) is 37.0 Å². The van der Waals surface area contributed by atoms with Crippen LogP contribution in [0.4, 0.5) is 5.69 Å². The zero-order valence-electron chi connectivity index (χ0n) is 17.1. The van der Waals surface area contributed by atoms with Gasteiger partial charge in [-0.2, -0.15) is 0 Å². The normalized spacial score (nSPS) is 20.1. The lowest BCUT2D eigenvalue weighted by atomic mass is 10.0. The van der Waals surface area contributed by atoms with Crippen LogP contribution in [0.15, 0.2) is 24.3 Å². The SMILES string of the molecule is CCCCCCC(O)c1ccc(N2C(CCCCCC)CCS2(=O)=O)cc1. The van der Waals surface area contributed by atoms with E-state index in [-0.39, 0.29) is 11.8 Å². The molecule has 1 fully saturated rings. The van der Waals surface area contributed by atoms with E-state index in [1.165, 1.54) is 32.1 Å². The van der Waals surface area contributed by atoms with E-state index in [0.717, 1.165) is 49.8 Å². The zero-order chi connectivity index (χ0) is 19.7. The first-order chi connectivity index (χ1) is 13.0. The average molecular weight is 396 g/mol. The maximum atomic E-state index is 12.6. The van der Waals surface area contributed by atoms with Crippen molar-refractivity contribution < 1.29 is 13.5 Å². The van der Waals surface area contributed by atoms with Crippen LogP contribution >= 0.6 is 0 Å². The minimum absolute atomic E-state index is 0.0803. The summed E-state index contributed by atoms with van der Waals surface area (Å²) in [5, 5.41) is 10.4. The molecule has 4 nitrogen and oxygen atoms in total. The number of anilines is 1. The number of aliphatic hydroxyl groups is 1.